The van der Waals surface area contributed by atoms with E-state index in [4.69, 9.17) is 9.47 Å². The number of aliphatic hydroxyl groups excluding tert-OH is 3. The SMILES string of the molecule is O=C(OCC1CC(O)C(O)C(O)O1)c1ccccc1. The van der Waals surface area contributed by atoms with Gasteiger partial charge in [-0.2, -0.15) is 0 Å². The van der Waals surface area contributed by atoms with Crippen LogP contribution in [0.2, 0.25) is 0 Å². The monoisotopic (exact) mass is 268 g/mol. The number of esters is 1. The molecule has 6 heteroatoms. The Labute approximate surface area is 110 Å². The average Bonchev–Trinajstić information content (AvgIpc) is 2.43. The van der Waals surface area contributed by atoms with Crippen molar-refractivity contribution in [2.24, 2.45) is 0 Å². The van der Waals surface area contributed by atoms with Gasteiger partial charge in [-0.25, -0.2) is 4.79 Å². The zero-order valence-electron chi connectivity index (χ0n) is 10.2. The lowest BCUT2D eigenvalue weighted by atomic mass is 10.0. The van der Waals surface area contributed by atoms with Crippen LogP contribution in [-0.2, 0) is 9.47 Å². The van der Waals surface area contributed by atoms with E-state index in [0.29, 0.717) is 5.56 Å². The van der Waals surface area contributed by atoms with E-state index in [1.165, 1.54) is 0 Å². The van der Waals surface area contributed by atoms with Gasteiger partial charge in [0.25, 0.3) is 0 Å². The molecule has 1 saturated heterocycles. The van der Waals surface area contributed by atoms with Crippen LogP contribution in [0.25, 0.3) is 0 Å². The highest BCUT2D eigenvalue weighted by Gasteiger charge is 2.36. The van der Waals surface area contributed by atoms with E-state index >= 15 is 0 Å². The number of ether oxygens (including phenoxy) is 2. The van der Waals surface area contributed by atoms with Gasteiger partial charge in [0.1, 0.15) is 12.7 Å². The first-order valence-corrected chi connectivity index (χ1v) is 6.00. The molecule has 1 aliphatic heterocycles. The van der Waals surface area contributed by atoms with Crippen LogP contribution in [0.1, 0.15) is 16.8 Å². The molecule has 1 heterocycles. The number of benzene rings is 1. The highest BCUT2D eigenvalue weighted by molar-refractivity contribution is 5.89. The Hall–Kier alpha value is -1.47. The summed E-state index contributed by atoms with van der Waals surface area (Å²) in [6, 6.07) is 8.47. The first kappa shape index (κ1) is 14.0. The Morgan fingerprint density at radius 3 is 2.58 bits per heavy atom. The second-order valence-electron chi connectivity index (χ2n) is 4.41. The van der Waals surface area contributed by atoms with E-state index in [2.05, 4.69) is 0 Å². The molecule has 2 rings (SSSR count). The summed E-state index contributed by atoms with van der Waals surface area (Å²) in [5, 5.41) is 28.1. The lowest BCUT2D eigenvalue weighted by Crippen LogP contribution is -2.49. The van der Waals surface area contributed by atoms with Gasteiger partial charge in [0.15, 0.2) is 6.29 Å². The summed E-state index contributed by atoms with van der Waals surface area (Å²) in [5.74, 6) is -0.501. The van der Waals surface area contributed by atoms with Gasteiger partial charge >= 0.3 is 5.97 Å². The van der Waals surface area contributed by atoms with Gasteiger partial charge in [0, 0.05) is 6.42 Å². The third-order valence-electron chi connectivity index (χ3n) is 2.93. The fraction of sp³-hybridized carbons (Fsp3) is 0.462. The minimum absolute atomic E-state index is 0.0887. The van der Waals surface area contributed by atoms with Gasteiger partial charge in [-0.3, -0.25) is 0 Å². The maximum Gasteiger partial charge on any atom is 0.338 e. The molecule has 19 heavy (non-hydrogen) atoms. The molecule has 1 aliphatic rings. The van der Waals surface area contributed by atoms with Crippen LogP contribution in [0.5, 0.6) is 0 Å². The summed E-state index contributed by atoms with van der Waals surface area (Å²) >= 11 is 0. The van der Waals surface area contributed by atoms with Crippen LogP contribution < -0.4 is 0 Å². The van der Waals surface area contributed by atoms with Crippen LogP contribution in [-0.4, -0.2) is 52.5 Å². The van der Waals surface area contributed by atoms with Crippen molar-refractivity contribution in [2.45, 2.75) is 31.0 Å². The molecule has 0 amide bonds. The molecule has 0 spiro atoms. The van der Waals surface area contributed by atoms with Crippen molar-refractivity contribution in [2.75, 3.05) is 6.61 Å². The maximum absolute atomic E-state index is 11.7. The molecule has 4 atom stereocenters. The summed E-state index contributed by atoms with van der Waals surface area (Å²) in [4.78, 5) is 11.7. The predicted octanol–water partition coefficient (Wildman–Crippen LogP) is -0.328. The van der Waals surface area contributed by atoms with Crippen molar-refractivity contribution in [3.05, 3.63) is 35.9 Å². The maximum atomic E-state index is 11.7. The molecule has 6 nitrogen and oxygen atoms in total. The summed E-state index contributed by atoms with van der Waals surface area (Å²) in [6.07, 6.45) is -4.43. The van der Waals surface area contributed by atoms with Crippen LogP contribution in [0.4, 0.5) is 0 Å². The first-order valence-electron chi connectivity index (χ1n) is 6.00. The molecule has 0 saturated carbocycles. The number of rotatable bonds is 3. The van der Waals surface area contributed by atoms with Crippen molar-refractivity contribution in [3.63, 3.8) is 0 Å². The predicted molar refractivity (Wildman–Crippen MR) is 64.2 cm³/mol. The number of hydrogen-bond acceptors (Lipinski definition) is 6. The number of carbonyl (C=O) groups excluding carboxylic acids is 1. The lowest BCUT2D eigenvalue weighted by molar-refractivity contribution is -0.251. The Balaban J connectivity index is 1.84. The largest absolute Gasteiger partial charge is 0.459 e. The van der Waals surface area contributed by atoms with Crippen molar-refractivity contribution < 1.29 is 29.6 Å². The molecule has 3 N–H and O–H groups in total. The topological polar surface area (TPSA) is 96.2 Å². The molecular weight excluding hydrogens is 252 g/mol. The third-order valence-corrected chi connectivity index (χ3v) is 2.93. The van der Waals surface area contributed by atoms with Gasteiger partial charge in [0.2, 0.25) is 0 Å². The van der Waals surface area contributed by atoms with Crippen molar-refractivity contribution in [1.82, 2.24) is 0 Å². The number of carbonyl (C=O) groups is 1. The molecule has 0 radical (unpaired) electrons. The van der Waals surface area contributed by atoms with E-state index in [1.807, 2.05) is 0 Å². The highest BCUT2D eigenvalue weighted by atomic mass is 16.6. The normalized spacial score (nSPS) is 30.9. The molecule has 0 bridgehead atoms. The smallest absolute Gasteiger partial charge is 0.338 e. The standard InChI is InChI=1S/C13H16O6/c14-10-6-9(19-13(17)11(10)15)7-18-12(16)8-4-2-1-3-5-8/h1-5,9-11,13-15,17H,6-7H2. The van der Waals surface area contributed by atoms with Crippen LogP contribution in [0.15, 0.2) is 30.3 Å². The van der Waals surface area contributed by atoms with E-state index < -0.39 is 30.6 Å². The second-order valence-corrected chi connectivity index (χ2v) is 4.41. The van der Waals surface area contributed by atoms with Crippen LogP contribution >= 0.6 is 0 Å². The van der Waals surface area contributed by atoms with Crippen molar-refractivity contribution in [3.8, 4) is 0 Å². The molecule has 1 fully saturated rings. The fourth-order valence-electron chi connectivity index (χ4n) is 1.87. The van der Waals surface area contributed by atoms with Crippen molar-refractivity contribution >= 4 is 5.97 Å². The Kier molecular flexibility index (Phi) is 4.49. The van der Waals surface area contributed by atoms with Crippen LogP contribution in [0.3, 0.4) is 0 Å². The van der Waals surface area contributed by atoms with Gasteiger partial charge < -0.3 is 24.8 Å². The summed E-state index contributed by atoms with van der Waals surface area (Å²) in [7, 11) is 0. The molecular formula is C13H16O6. The van der Waals surface area contributed by atoms with Gasteiger partial charge in [-0.05, 0) is 12.1 Å². The van der Waals surface area contributed by atoms with E-state index in [1.54, 1.807) is 30.3 Å². The molecule has 0 aliphatic carbocycles. The number of hydrogen-bond donors (Lipinski definition) is 3. The van der Waals surface area contributed by atoms with Gasteiger partial charge in [0.05, 0.1) is 17.8 Å². The Morgan fingerprint density at radius 1 is 1.26 bits per heavy atom. The molecule has 1 aromatic carbocycles. The third kappa shape index (κ3) is 3.51. The average molecular weight is 268 g/mol. The lowest BCUT2D eigenvalue weighted by Gasteiger charge is -2.33. The Bertz CT molecular complexity index is 408. The first-order chi connectivity index (χ1) is 9.08. The van der Waals surface area contributed by atoms with E-state index in [-0.39, 0.29) is 13.0 Å². The van der Waals surface area contributed by atoms with Gasteiger partial charge in [-0.1, -0.05) is 18.2 Å². The van der Waals surface area contributed by atoms with Crippen LogP contribution in [0, 0.1) is 0 Å². The van der Waals surface area contributed by atoms with Gasteiger partial charge in [-0.15, -0.1) is 0 Å². The van der Waals surface area contributed by atoms with Crippen molar-refractivity contribution in [1.29, 1.82) is 0 Å². The molecule has 1 aromatic rings. The summed E-state index contributed by atoms with van der Waals surface area (Å²) < 4.78 is 10.1. The molecule has 4 unspecified atom stereocenters. The summed E-state index contributed by atoms with van der Waals surface area (Å²) in [6.45, 7) is -0.0887. The minimum atomic E-state index is -1.47. The zero-order chi connectivity index (χ0) is 13.8. The Morgan fingerprint density at radius 2 is 1.95 bits per heavy atom. The van der Waals surface area contributed by atoms with E-state index in [9.17, 15) is 20.1 Å². The fourth-order valence-corrected chi connectivity index (χ4v) is 1.87. The van der Waals surface area contributed by atoms with E-state index in [0.717, 1.165) is 0 Å². The molecule has 0 aromatic heterocycles. The quantitative estimate of drug-likeness (QED) is 0.650. The minimum Gasteiger partial charge on any atom is -0.459 e. The summed E-state index contributed by atoms with van der Waals surface area (Å²) in [5.41, 5.74) is 0.416. The second kappa shape index (κ2) is 6.12. The zero-order valence-corrected chi connectivity index (χ0v) is 10.2. The number of aliphatic hydroxyl groups is 3. The molecule has 104 valence electrons. The highest BCUT2D eigenvalue weighted by Crippen LogP contribution is 2.19.